The second-order valence-corrected chi connectivity index (χ2v) is 5.64. The second-order valence-electron chi connectivity index (χ2n) is 5.64. The van der Waals surface area contributed by atoms with Crippen molar-refractivity contribution >= 4 is 5.91 Å². The first kappa shape index (κ1) is 16.4. The van der Waals surface area contributed by atoms with Gasteiger partial charge in [-0.3, -0.25) is 4.79 Å². The molecule has 0 bridgehead atoms. The predicted molar refractivity (Wildman–Crippen MR) is 84.1 cm³/mol. The highest BCUT2D eigenvalue weighted by molar-refractivity contribution is 5.94. The molecule has 0 spiro atoms. The van der Waals surface area contributed by atoms with Crippen LogP contribution in [0, 0.1) is 17.6 Å². The maximum Gasteiger partial charge on any atom is 0.251 e. The molecule has 2 aromatic rings. The number of amides is 1. The Morgan fingerprint density at radius 3 is 2.54 bits per heavy atom. The van der Waals surface area contributed by atoms with Crippen molar-refractivity contribution < 1.29 is 23.0 Å². The van der Waals surface area contributed by atoms with Crippen LogP contribution < -0.4 is 10.1 Å². The zero-order valence-electron chi connectivity index (χ0n) is 12.9. The molecule has 24 heavy (non-hydrogen) atoms. The Kier molecular flexibility index (Phi) is 5.05. The van der Waals surface area contributed by atoms with E-state index < -0.39 is 11.6 Å². The lowest BCUT2D eigenvalue weighted by Gasteiger charge is -2.10. The molecular formula is C18H17F2NO3. The summed E-state index contributed by atoms with van der Waals surface area (Å²) in [5, 5.41) is 2.87. The number of hydrogen-bond acceptors (Lipinski definition) is 3. The van der Waals surface area contributed by atoms with E-state index in [9.17, 15) is 13.6 Å². The van der Waals surface area contributed by atoms with Gasteiger partial charge >= 0.3 is 0 Å². The van der Waals surface area contributed by atoms with Crippen LogP contribution in [0.1, 0.15) is 16.8 Å². The van der Waals surface area contributed by atoms with E-state index >= 15 is 0 Å². The third kappa shape index (κ3) is 4.08. The number of rotatable bonds is 5. The molecule has 4 nitrogen and oxygen atoms in total. The Balaban J connectivity index is 1.57. The number of halogens is 2. The summed E-state index contributed by atoms with van der Waals surface area (Å²) in [5.74, 6) is -1.08. The van der Waals surface area contributed by atoms with Crippen molar-refractivity contribution in [3.63, 3.8) is 0 Å². The van der Waals surface area contributed by atoms with Gasteiger partial charge in [-0.2, -0.15) is 0 Å². The molecule has 1 amide bonds. The highest BCUT2D eigenvalue weighted by Crippen LogP contribution is 2.23. The molecule has 126 valence electrons. The van der Waals surface area contributed by atoms with Crippen molar-refractivity contribution in [2.45, 2.75) is 6.42 Å². The van der Waals surface area contributed by atoms with Crippen molar-refractivity contribution in [1.29, 1.82) is 0 Å². The molecule has 0 saturated carbocycles. The van der Waals surface area contributed by atoms with E-state index in [4.69, 9.17) is 9.47 Å². The average molecular weight is 333 g/mol. The van der Waals surface area contributed by atoms with Crippen LogP contribution in [0.15, 0.2) is 42.5 Å². The van der Waals surface area contributed by atoms with Gasteiger partial charge < -0.3 is 14.8 Å². The minimum absolute atomic E-state index is 0.165. The Morgan fingerprint density at radius 1 is 1.12 bits per heavy atom. The number of benzene rings is 2. The van der Waals surface area contributed by atoms with Crippen LogP contribution >= 0.6 is 0 Å². The summed E-state index contributed by atoms with van der Waals surface area (Å²) in [7, 11) is 0. The smallest absolute Gasteiger partial charge is 0.251 e. The maximum absolute atomic E-state index is 13.1. The maximum atomic E-state index is 13.1. The minimum Gasteiger partial charge on any atom is -0.457 e. The summed E-state index contributed by atoms with van der Waals surface area (Å²) < 4.78 is 36.7. The van der Waals surface area contributed by atoms with E-state index in [0.717, 1.165) is 25.2 Å². The van der Waals surface area contributed by atoms with Gasteiger partial charge in [0.2, 0.25) is 0 Å². The van der Waals surface area contributed by atoms with E-state index in [1.165, 1.54) is 6.07 Å². The molecule has 3 rings (SSSR count). The number of carbonyl (C=O) groups excluding carboxylic acids is 1. The molecule has 6 heteroatoms. The summed E-state index contributed by atoms with van der Waals surface area (Å²) in [6.07, 6.45) is 0.960. The molecule has 1 fully saturated rings. The number of nitrogens with one attached hydrogen (secondary N) is 1. The van der Waals surface area contributed by atoms with Crippen LogP contribution in [0.3, 0.4) is 0 Å². The molecule has 0 radical (unpaired) electrons. The van der Waals surface area contributed by atoms with Gasteiger partial charge in [0.05, 0.1) is 6.61 Å². The molecule has 1 heterocycles. The van der Waals surface area contributed by atoms with E-state index in [1.54, 1.807) is 24.3 Å². The number of ether oxygens (including phenoxy) is 2. The second kappa shape index (κ2) is 7.40. The monoisotopic (exact) mass is 333 g/mol. The molecule has 0 aliphatic carbocycles. The lowest BCUT2D eigenvalue weighted by atomic mass is 10.1. The Morgan fingerprint density at radius 2 is 1.88 bits per heavy atom. The van der Waals surface area contributed by atoms with E-state index in [1.807, 2.05) is 0 Å². The van der Waals surface area contributed by atoms with Crippen LogP contribution in [0.5, 0.6) is 11.5 Å². The van der Waals surface area contributed by atoms with Gasteiger partial charge in [-0.25, -0.2) is 8.78 Å². The molecule has 1 aliphatic rings. The van der Waals surface area contributed by atoms with Gasteiger partial charge in [-0.05, 0) is 42.8 Å². The lowest BCUT2D eigenvalue weighted by Crippen LogP contribution is -2.29. The lowest BCUT2D eigenvalue weighted by molar-refractivity contribution is 0.0945. The third-order valence-corrected chi connectivity index (χ3v) is 3.82. The van der Waals surface area contributed by atoms with Gasteiger partial charge in [-0.15, -0.1) is 0 Å². The Labute approximate surface area is 138 Å². The zero-order chi connectivity index (χ0) is 16.9. The van der Waals surface area contributed by atoms with Crippen LogP contribution in [-0.2, 0) is 4.74 Å². The highest BCUT2D eigenvalue weighted by Gasteiger charge is 2.16. The first-order chi connectivity index (χ1) is 11.6. The Hall–Kier alpha value is -2.47. The first-order valence-electron chi connectivity index (χ1n) is 7.71. The fraction of sp³-hybridized carbons (Fsp3) is 0.278. The first-order valence-corrected chi connectivity index (χ1v) is 7.71. The molecule has 2 aromatic carbocycles. The quantitative estimate of drug-likeness (QED) is 0.911. The topological polar surface area (TPSA) is 47.6 Å². The summed E-state index contributed by atoms with van der Waals surface area (Å²) >= 11 is 0. The fourth-order valence-corrected chi connectivity index (χ4v) is 2.43. The van der Waals surface area contributed by atoms with Crippen LogP contribution in [-0.4, -0.2) is 25.7 Å². The molecule has 0 aromatic heterocycles. The van der Waals surface area contributed by atoms with Crippen molar-refractivity contribution in [2.24, 2.45) is 5.92 Å². The van der Waals surface area contributed by atoms with Crippen LogP contribution in [0.2, 0.25) is 0 Å². The van der Waals surface area contributed by atoms with Crippen molar-refractivity contribution in [2.75, 3.05) is 19.8 Å². The standard InChI is InChI=1S/C18H17F2NO3/c19-16-6-5-15(9-17(16)20)24-14-3-1-13(2-4-14)18(22)21-10-12-7-8-23-11-12/h1-6,9,12H,7-8,10-11H2,(H,21,22)/t12-/m0/s1. The molecular weight excluding hydrogens is 316 g/mol. The molecule has 1 atom stereocenters. The van der Waals surface area contributed by atoms with Crippen molar-refractivity contribution in [1.82, 2.24) is 5.32 Å². The summed E-state index contributed by atoms with van der Waals surface area (Å²) in [6.45, 7) is 2.02. The number of carbonyl (C=O) groups is 1. The average Bonchev–Trinajstić information content (AvgIpc) is 3.10. The third-order valence-electron chi connectivity index (χ3n) is 3.82. The van der Waals surface area contributed by atoms with Crippen molar-refractivity contribution in [3.05, 3.63) is 59.7 Å². The normalized spacial score (nSPS) is 16.8. The summed E-state index contributed by atoms with van der Waals surface area (Å²) in [6, 6.07) is 9.76. The highest BCUT2D eigenvalue weighted by atomic mass is 19.2. The van der Waals surface area contributed by atoms with Crippen LogP contribution in [0.4, 0.5) is 8.78 Å². The fourth-order valence-electron chi connectivity index (χ4n) is 2.43. The van der Waals surface area contributed by atoms with Crippen LogP contribution in [0.25, 0.3) is 0 Å². The van der Waals surface area contributed by atoms with E-state index in [-0.39, 0.29) is 11.7 Å². The molecule has 1 N–H and O–H groups in total. The predicted octanol–water partition coefficient (Wildman–Crippen LogP) is 3.52. The molecule has 1 saturated heterocycles. The Bertz CT molecular complexity index is 713. The molecule has 0 unspecified atom stereocenters. The largest absolute Gasteiger partial charge is 0.457 e. The summed E-state index contributed by atoms with van der Waals surface area (Å²) in [4.78, 5) is 12.1. The van der Waals surface area contributed by atoms with Gasteiger partial charge in [0.15, 0.2) is 11.6 Å². The van der Waals surface area contributed by atoms with Gasteiger partial charge in [0, 0.05) is 30.7 Å². The van der Waals surface area contributed by atoms with Gasteiger partial charge in [-0.1, -0.05) is 0 Å². The minimum atomic E-state index is -0.973. The number of hydrogen-bond donors (Lipinski definition) is 1. The summed E-state index contributed by atoms with van der Waals surface area (Å²) in [5.41, 5.74) is 0.506. The van der Waals surface area contributed by atoms with Gasteiger partial charge in [0.1, 0.15) is 11.5 Å². The molecule has 1 aliphatic heterocycles. The van der Waals surface area contributed by atoms with Crippen molar-refractivity contribution in [3.8, 4) is 11.5 Å². The SMILES string of the molecule is O=C(NC[C@@H]1CCOC1)c1ccc(Oc2ccc(F)c(F)c2)cc1. The van der Waals surface area contributed by atoms with E-state index in [2.05, 4.69) is 5.32 Å². The van der Waals surface area contributed by atoms with Gasteiger partial charge in [0.25, 0.3) is 5.91 Å². The zero-order valence-corrected chi connectivity index (χ0v) is 12.9. The van der Waals surface area contributed by atoms with E-state index in [0.29, 0.717) is 30.4 Å².